The third-order valence-corrected chi connectivity index (χ3v) is 6.89. The van der Waals surface area contributed by atoms with E-state index in [-0.39, 0.29) is 31.3 Å². The largest absolute Gasteiger partial charge is 0.467 e. The van der Waals surface area contributed by atoms with Crippen LogP contribution < -0.4 is 4.90 Å². The maximum Gasteiger partial charge on any atom is 0.242 e. The Bertz CT molecular complexity index is 1350. The molecule has 1 aliphatic rings. The molecule has 3 heterocycles. The minimum absolute atomic E-state index is 0.00129. The lowest BCUT2D eigenvalue weighted by molar-refractivity contribution is -0.141. The van der Waals surface area contributed by atoms with E-state index in [0.29, 0.717) is 42.7 Å². The van der Waals surface area contributed by atoms with Gasteiger partial charge < -0.3 is 19.1 Å². The Morgan fingerprint density at radius 3 is 2.32 bits per heavy atom. The topological polar surface area (TPSA) is 82.8 Å². The molecule has 2 aromatic carbocycles. The Balaban J connectivity index is 1.19. The fourth-order valence-electron chi connectivity index (χ4n) is 4.46. The van der Waals surface area contributed by atoms with Gasteiger partial charge >= 0.3 is 0 Å². The van der Waals surface area contributed by atoms with Gasteiger partial charge in [0.15, 0.2) is 5.82 Å². The Morgan fingerprint density at radius 2 is 1.63 bits per heavy atom. The molecular weight excluding hydrogens is 502 g/mol. The average Bonchev–Trinajstić information content (AvgIpc) is 3.47. The molecule has 2 aromatic heterocycles. The number of benzene rings is 2. The summed E-state index contributed by atoms with van der Waals surface area (Å²) >= 11 is 6.28. The minimum atomic E-state index is -0.117. The molecule has 4 aromatic rings. The van der Waals surface area contributed by atoms with Crippen molar-refractivity contribution in [3.05, 3.63) is 101 Å². The van der Waals surface area contributed by atoms with E-state index in [1.165, 1.54) is 0 Å². The van der Waals surface area contributed by atoms with Crippen molar-refractivity contribution in [2.75, 3.05) is 37.6 Å². The van der Waals surface area contributed by atoms with E-state index in [9.17, 15) is 9.59 Å². The lowest BCUT2D eigenvalue weighted by Crippen LogP contribution is -2.52. The molecule has 0 unspecified atom stereocenters. The number of anilines is 1. The number of hydrogen-bond donors (Lipinski definition) is 0. The standard InChI is InChI=1S/C29H28ClN5O3/c30-25-11-5-4-10-24(25)26-12-13-27(32-31-26)33-14-16-34(17-15-33)29(37)21-35(20-23-9-6-18-38-23)28(36)19-22-7-2-1-3-8-22/h1-13,18H,14-17,19-21H2. The number of carbonyl (C=O) groups excluding carboxylic acids is 2. The van der Waals surface area contributed by atoms with Crippen LogP contribution in [0.1, 0.15) is 11.3 Å². The number of carbonyl (C=O) groups is 2. The van der Waals surface area contributed by atoms with Gasteiger partial charge in [0, 0.05) is 31.7 Å². The molecule has 9 heteroatoms. The molecule has 8 nitrogen and oxygen atoms in total. The van der Waals surface area contributed by atoms with Crippen LogP contribution in [0.25, 0.3) is 11.3 Å². The van der Waals surface area contributed by atoms with Gasteiger partial charge in [0.05, 0.1) is 29.9 Å². The van der Waals surface area contributed by atoms with E-state index < -0.39 is 0 Å². The number of furan rings is 1. The van der Waals surface area contributed by atoms with Crippen LogP contribution in [0.2, 0.25) is 5.02 Å². The van der Waals surface area contributed by atoms with Gasteiger partial charge in [-0.15, -0.1) is 10.2 Å². The van der Waals surface area contributed by atoms with E-state index in [0.717, 1.165) is 16.9 Å². The van der Waals surface area contributed by atoms with Crippen LogP contribution >= 0.6 is 11.6 Å². The van der Waals surface area contributed by atoms with Gasteiger partial charge in [-0.2, -0.15) is 0 Å². The highest BCUT2D eigenvalue weighted by Crippen LogP contribution is 2.26. The van der Waals surface area contributed by atoms with Gasteiger partial charge in [0.2, 0.25) is 11.8 Å². The zero-order valence-corrected chi connectivity index (χ0v) is 21.6. The van der Waals surface area contributed by atoms with Gasteiger partial charge in [-0.25, -0.2) is 0 Å². The van der Waals surface area contributed by atoms with Crippen molar-refractivity contribution >= 4 is 29.2 Å². The van der Waals surface area contributed by atoms with Gasteiger partial charge in [-0.1, -0.05) is 60.1 Å². The number of rotatable bonds is 8. The first kappa shape index (κ1) is 25.5. The molecular formula is C29H28ClN5O3. The van der Waals surface area contributed by atoms with Crippen LogP contribution in [0.4, 0.5) is 5.82 Å². The molecule has 194 valence electrons. The third kappa shape index (κ3) is 6.20. The second kappa shape index (κ2) is 11.9. The molecule has 1 saturated heterocycles. The zero-order valence-electron chi connectivity index (χ0n) is 20.9. The maximum atomic E-state index is 13.2. The summed E-state index contributed by atoms with van der Waals surface area (Å²) in [6.45, 7) is 2.57. The summed E-state index contributed by atoms with van der Waals surface area (Å²) in [4.78, 5) is 31.8. The van der Waals surface area contributed by atoms with Crippen LogP contribution in [0.5, 0.6) is 0 Å². The number of hydrogen-bond acceptors (Lipinski definition) is 6. The lowest BCUT2D eigenvalue weighted by atomic mass is 10.1. The Kier molecular flexibility index (Phi) is 7.99. The fraction of sp³-hybridized carbons (Fsp3) is 0.241. The van der Waals surface area contributed by atoms with Crippen molar-refractivity contribution < 1.29 is 14.0 Å². The quantitative estimate of drug-likeness (QED) is 0.338. The molecule has 0 N–H and O–H groups in total. The Labute approximate surface area is 226 Å². The highest BCUT2D eigenvalue weighted by atomic mass is 35.5. The second-order valence-electron chi connectivity index (χ2n) is 9.12. The SMILES string of the molecule is O=C(CN(Cc1ccco1)C(=O)Cc1ccccc1)N1CCN(c2ccc(-c3ccccc3Cl)nn2)CC1. The summed E-state index contributed by atoms with van der Waals surface area (Å²) in [5.74, 6) is 1.19. The molecule has 1 aliphatic heterocycles. The van der Waals surface area contributed by atoms with Crippen molar-refractivity contribution in [2.24, 2.45) is 0 Å². The van der Waals surface area contributed by atoms with E-state index >= 15 is 0 Å². The molecule has 0 radical (unpaired) electrons. The predicted octanol–water partition coefficient (Wildman–Crippen LogP) is 4.31. The van der Waals surface area contributed by atoms with Crippen molar-refractivity contribution in [3.63, 3.8) is 0 Å². The van der Waals surface area contributed by atoms with Crippen LogP contribution in [0, 0.1) is 0 Å². The van der Waals surface area contributed by atoms with Crippen LogP contribution in [-0.4, -0.2) is 64.5 Å². The number of amides is 2. The lowest BCUT2D eigenvalue weighted by Gasteiger charge is -2.36. The number of aromatic nitrogens is 2. The molecule has 2 amide bonds. The molecule has 0 atom stereocenters. The van der Waals surface area contributed by atoms with Gasteiger partial charge in [-0.3, -0.25) is 9.59 Å². The van der Waals surface area contributed by atoms with Gasteiger partial charge in [0.25, 0.3) is 0 Å². The molecule has 1 fully saturated rings. The van der Waals surface area contributed by atoms with Crippen molar-refractivity contribution in [3.8, 4) is 11.3 Å². The summed E-state index contributed by atoms with van der Waals surface area (Å²) in [5.41, 5.74) is 2.46. The van der Waals surface area contributed by atoms with Crippen LogP contribution in [0.3, 0.4) is 0 Å². The summed E-state index contributed by atoms with van der Waals surface area (Å²) in [6.07, 6.45) is 1.80. The molecule has 5 rings (SSSR count). The smallest absolute Gasteiger partial charge is 0.242 e. The maximum absolute atomic E-state index is 13.2. The number of nitrogens with zero attached hydrogens (tertiary/aromatic N) is 5. The van der Waals surface area contributed by atoms with Gasteiger partial charge in [-0.05, 0) is 35.9 Å². The third-order valence-electron chi connectivity index (χ3n) is 6.56. The first-order chi connectivity index (χ1) is 18.6. The van der Waals surface area contributed by atoms with Crippen molar-refractivity contribution in [1.82, 2.24) is 20.0 Å². The molecule has 0 aliphatic carbocycles. The number of halogens is 1. The first-order valence-electron chi connectivity index (χ1n) is 12.5. The van der Waals surface area contributed by atoms with Crippen LogP contribution in [-0.2, 0) is 22.6 Å². The molecule has 0 bridgehead atoms. The summed E-state index contributed by atoms with van der Waals surface area (Å²) in [6, 6.07) is 24.5. The number of piperazine rings is 1. The molecule has 0 spiro atoms. The van der Waals surface area contributed by atoms with Crippen molar-refractivity contribution in [1.29, 1.82) is 0 Å². The molecule has 38 heavy (non-hydrogen) atoms. The van der Waals surface area contributed by atoms with Gasteiger partial charge in [0.1, 0.15) is 12.3 Å². The van der Waals surface area contributed by atoms with E-state index in [2.05, 4.69) is 15.1 Å². The first-order valence-corrected chi connectivity index (χ1v) is 12.9. The Hall–Kier alpha value is -4.17. The summed E-state index contributed by atoms with van der Waals surface area (Å²) < 4.78 is 5.45. The fourth-order valence-corrected chi connectivity index (χ4v) is 4.69. The average molecular weight is 530 g/mol. The van der Waals surface area contributed by atoms with Crippen molar-refractivity contribution in [2.45, 2.75) is 13.0 Å². The second-order valence-corrected chi connectivity index (χ2v) is 9.52. The van der Waals surface area contributed by atoms with E-state index in [4.69, 9.17) is 16.0 Å². The highest BCUT2D eigenvalue weighted by Gasteiger charge is 2.26. The van der Waals surface area contributed by atoms with E-state index in [1.54, 1.807) is 22.1 Å². The summed E-state index contributed by atoms with van der Waals surface area (Å²) in [7, 11) is 0. The summed E-state index contributed by atoms with van der Waals surface area (Å²) in [5, 5.41) is 9.38. The minimum Gasteiger partial charge on any atom is -0.467 e. The van der Waals surface area contributed by atoms with Crippen LogP contribution in [0.15, 0.2) is 89.5 Å². The Morgan fingerprint density at radius 1 is 0.868 bits per heavy atom. The monoisotopic (exact) mass is 529 g/mol. The normalized spacial score (nSPS) is 13.4. The predicted molar refractivity (Wildman–Crippen MR) is 146 cm³/mol. The highest BCUT2D eigenvalue weighted by molar-refractivity contribution is 6.33. The molecule has 0 saturated carbocycles. The van der Waals surface area contributed by atoms with E-state index in [1.807, 2.05) is 72.8 Å². The zero-order chi connectivity index (χ0) is 26.3.